The Labute approximate surface area is 239 Å². The second-order valence-corrected chi connectivity index (χ2v) is 11.9. The van der Waals surface area contributed by atoms with Gasteiger partial charge in [-0.15, -0.1) is 0 Å². The number of aldehydes is 1. The van der Waals surface area contributed by atoms with Crippen LogP contribution < -0.4 is 10.6 Å². The van der Waals surface area contributed by atoms with Gasteiger partial charge in [0.15, 0.2) is 5.82 Å². The summed E-state index contributed by atoms with van der Waals surface area (Å²) in [5.74, 6) is 0.675. The first-order chi connectivity index (χ1) is 18.7. The van der Waals surface area contributed by atoms with Crippen molar-refractivity contribution in [3.63, 3.8) is 0 Å². The summed E-state index contributed by atoms with van der Waals surface area (Å²) in [6, 6.07) is 11.2. The first kappa shape index (κ1) is 27.7. The Bertz CT molecular complexity index is 1390. The quantitative estimate of drug-likeness (QED) is 0.321. The molecular weight excluding hydrogens is 533 g/mol. The van der Waals surface area contributed by atoms with Crippen molar-refractivity contribution in [2.75, 3.05) is 30.8 Å². The fraction of sp³-hybridized carbons (Fsp3) is 0.433. The van der Waals surface area contributed by atoms with E-state index in [0.717, 1.165) is 86.2 Å². The molecule has 1 amide bonds. The van der Waals surface area contributed by atoms with Gasteiger partial charge >= 0.3 is 0 Å². The Kier molecular flexibility index (Phi) is 8.04. The number of nitrogens with one attached hydrogen (secondary N) is 2. The number of hydrogen-bond acceptors (Lipinski definition) is 5. The largest absolute Gasteiger partial charge is 0.387 e. The standard InChI is InChI=1S/C30H35Cl2N5O2/c1-30(18-38)13-10-19(11-14-30)16-37-15-12-25-24(17-37)34-28(36(25)3)29(39)35-23-9-5-7-21(27(23)32)20-6-4-8-22(33-2)26(20)31/h4-9,18-19,33H,10-17H2,1-3H3,(H,35,39). The number of imidazole rings is 1. The number of carbonyl (C=O) groups excluding carboxylic acids is 2. The summed E-state index contributed by atoms with van der Waals surface area (Å²) in [5, 5.41) is 7.04. The van der Waals surface area contributed by atoms with Crippen LogP contribution in [0.15, 0.2) is 36.4 Å². The molecule has 3 aromatic rings. The van der Waals surface area contributed by atoms with Gasteiger partial charge in [0.05, 0.1) is 27.1 Å². The predicted octanol–water partition coefficient (Wildman–Crippen LogP) is 6.44. The number of rotatable bonds is 7. The lowest BCUT2D eigenvalue weighted by atomic mass is 9.72. The number of aromatic nitrogens is 2. The molecule has 39 heavy (non-hydrogen) atoms. The third kappa shape index (κ3) is 5.58. The summed E-state index contributed by atoms with van der Waals surface area (Å²) in [6.45, 7) is 4.75. The van der Waals surface area contributed by atoms with Crippen LogP contribution in [-0.2, 0) is 24.8 Å². The van der Waals surface area contributed by atoms with Crippen LogP contribution in [0.4, 0.5) is 11.4 Å². The lowest BCUT2D eigenvalue weighted by Gasteiger charge is -2.36. The van der Waals surface area contributed by atoms with E-state index in [-0.39, 0.29) is 11.3 Å². The predicted molar refractivity (Wildman–Crippen MR) is 158 cm³/mol. The zero-order valence-corrected chi connectivity index (χ0v) is 24.2. The summed E-state index contributed by atoms with van der Waals surface area (Å²) >= 11 is 13.4. The number of nitrogens with zero attached hydrogens (tertiary/aromatic N) is 3. The molecule has 1 saturated carbocycles. The van der Waals surface area contributed by atoms with Gasteiger partial charge in [0.1, 0.15) is 6.29 Å². The summed E-state index contributed by atoms with van der Waals surface area (Å²) in [4.78, 5) is 32.0. The Balaban J connectivity index is 1.29. The minimum Gasteiger partial charge on any atom is -0.387 e. The number of amides is 1. The molecule has 0 unspecified atom stereocenters. The highest BCUT2D eigenvalue weighted by Gasteiger charge is 2.33. The van der Waals surface area contributed by atoms with Crippen molar-refractivity contribution in [3.05, 3.63) is 63.7 Å². The first-order valence-corrected chi connectivity index (χ1v) is 14.3. The number of anilines is 2. The molecule has 1 aromatic heterocycles. The zero-order chi connectivity index (χ0) is 27.7. The van der Waals surface area contributed by atoms with Crippen LogP contribution in [0.2, 0.25) is 10.0 Å². The molecule has 0 spiro atoms. The van der Waals surface area contributed by atoms with Gasteiger partial charge in [0.25, 0.3) is 5.91 Å². The number of halogens is 2. The Morgan fingerprint density at radius 2 is 1.74 bits per heavy atom. The average Bonchev–Trinajstić information content (AvgIpc) is 3.27. The highest BCUT2D eigenvalue weighted by molar-refractivity contribution is 6.39. The summed E-state index contributed by atoms with van der Waals surface area (Å²) < 4.78 is 1.91. The molecule has 9 heteroatoms. The molecule has 2 heterocycles. The number of hydrogen-bond donors (Lipinski definition) is 2. The van der Waals surface area contributed by atoms with Gasteiger partial charge in [0, 0.05) is 62.4 Å². The van der Waals surface area contributed by atoms with Crippen molar-refractivity contribution < 1.29 is 9.59 Å². The van der Waals surface area contributed by atoms with Crippen LogP contribution in [0.1, 0.15) is 54.6 Å². The van der Waals surface area contributed by atoms with E-state index >= 15 is 0 Å². The minimum absolute atomic E-state index is 0.153. The zero-order valence-electron chi connectivity index (χ0n) is 22.7. The number of carbonyl (C=O) groups is 2. The van der Waals surface area contributed by atoms with Crippen LogP contribution in [0.3, 0.4) is 0 Å². The highest BCUT2D eigenvalue weighted by Crippen LogP contribution is 2.40. The molecule has 7 nitrogen and oxygen atoms in total. The van der Waals surface area contributed by atoms with E-state index < -0.39 is 0 Å². The lowest BCUT2D eigenvalue weighted by molar-refractivity contribution is -0.117. The Morgan fingerprint density at radius 1 is 1.10 bits per heavy atom. The minimum atomic E-state index is -0.298. The molecule has 0 saturated heterocycles. The smallest absolute Gasteiger partial charge is 0.291 e. The molecule has 0 bridgehead atoms. The molecule has 2 aliphatic rings. The average molecular weight is 569 g/mol. The molecule has 1 aliphatic heterocycles. The van der Waals surface area contributed by atoms with Gasteiger partial charge in [-0.1, -0.05) is 54.4 Å². The maximum Gasteiger partial charge on any atom is 0.291 e. The van der Waals surface area contributed by atoms with E-state index in [1.165, 1.54) is 0 Å². The molecular formula is C30H35Cl2N5O2. The van der Waals surface area contributed by atoms with Crippen LogP contribution in [-0.4, -0.2) is 46.8 Å². The van der Waals surface area contributed by atoms with E-state index in [2.05, 4.69) is 22.5 Å². The van der Waals surface area contributed by atoms with E-state index in [9.17, 15) is 9.59 Å². The van der Waals surface area contributed by atoms with Crippen molar-refractivity contribution in [1.29, 1.82) is 0 Å². The fourth-order valence-electron chi connectivity index (χ4n) is 5.89. The maximum absolute atomic E-state index is 13.4. The molecule has 5 rings (SSSR count). The highest BCUT2D eigenvalue weighted by atomic mass is 35.5. The SMILES string of the molecule is CNc1cccc(-c2cccc(NC(=O)c3nc4c(n3C)CCN(CC3CCC(C)(C=O)CC3)C4)c2Cl)c1Cl. The van der Waals surface area contributed by atoms with Crippen molar-refractivity contribution >= 4 is 46.8 Å². The topological polar surface area (TPSA) is 79.3 Å². The van der Waals surface area contributed by atoms with E-state index in [4.69, 9.17) is 28.2 Å². The third-order valence-electron chi connectivity index (χ3n) is 8.39. The van der Waals surface area contributed by atoms with Gasteiger partial charge in [-0.2, -0.15) is 0 Å². The van der Waals surface area contributed by atoms with Crippen LogP contribution in [0.25, 0.3) is 11.1 Å². The second-order valence-electron chi connectivity index (χ2n) is 11.1. The fourth-order valence-corrected chi connectivity index (χ4v) is 6.49. The molecule has 2 aromatic carbocycles. The molecule has 206 valence electrons. The normalized spacial score (nSPS) is 21.3. The van der Waals surface area contributed by atoms with Crippen LogP contribution in [0.5, 0.6) is 0 Å². The van der Waals surface area contributed by atoms with E-state index in [1.54, 1.807) is 6.07 Å². The van der Waals surface area contributed by atoms with Crippen molar-refractivity contribution in [3.8, 4) is 11.1 Å². The van der Waals surface area contributed by atoms with Crippen LogP contribution in [0, 0.1) is 11.3 Å². The van der Waals surface area contributed by atoms with Gasteiger partial charge in [-0.05, 0) is 43.7 Å². The van der Waals surface area contributed by atoms with Crippen LogP contribution >= 0.6 is 23.2 Å². The number of fused-ring (bicyclic) bond motifs is 1. The Morgan fingerprint density at radius 3 is 2.38 bits per heavy atom. The maximum atomic E-state index is 13.4. The third-order valence-corrected chi connectivity index (χ3v) is 9.21. The van der Waals surface area contributed by atoms with Gasteiger partial charge in [0.2, 0.25) is 0 Å². The second kappa shape index (κ2) is 11.3. The van der Waals surface area contributed by atoms with Crippen molar-refractivity contribution in [2.45, 2.75) is 45.6 Å². The lowest BCUT2D eigenvalue weighted by Crippen LogP contribution is -2.37. The van der Waals surface area contributed by atoms with Gasteiger partial charge in [-0.25, -0.2) is 4.98 Å². The monoisotopic (exact) mass is 567 g/mol. The van der Waals surface area contributed by atoms with E-state index in [1.807, 2.05) is 49.0 Å². The summed E-state index contributed by atoms with van der Waals surface area (Å²) in [5.41, 5.74) is 4.73. The first-order valence-electron chi connectivity index (χ1n) is 13.5. The summed E-state index contributed by atoms with van der Waals surface area (Å²) in [7, 11) is 3.72. The molecule has 2 N–H and O–H groups in total. The van der Waals surface area contributed by atoms with E-state index in [0.29, 0.717) is 27.5 Å². The van der Waals surface area contributed by atoms with Gasteiger partial charge < -0.3 is 20.0 Å². The molecule has 0 atom stereocenters. The molecule has 0 radical (unpaired) electrons. The van der Waals surface area contributed by atoms with Gasteiger partial charge in [-0.3, -0.25) is 9.69 Å². The molecule has 1 aliphatic carbocycles. The number of benzene rings is 2. The summed E-state index contributed by atoms with van der Waals surface area (Å²) in [6.07, 6.45) is 6.08. The Hall–Kier alpha value is -2.87. The molecule has 1 fully saturated rings. The van der Waals surface area contributed by atoms with Crippen molar-refractivity contribution in [1.82, 2.24) is 14.5 Å². The van der Waals surface area contributed by atoms with Crippen molar-refractivity contribution in [2.24, 2.45) is 18.4 Å².